The van der Waals surface area contributed by atoms with E-state index in [9.17, 15) is 61.0 Å². The maximum absolute atomic E-state index is 13.3. The Hall–Kier alpha value is -1.21. The van der Waals surface area contributed by atoms with Crippen molar-refractivity contribution < 1.29 is 89.4 Å². The van der Waals surface area contributed by atoms with Crippen molar-refractivity contribution >= 4 is 5.91 Å². The number of carbonyl (C=O) groups excluding carboxylic acids is 1. The van der Waals surface area contributed by atoms with Crippen molar-refractivity contribution in [2.75, 3.05) is 26.4 Å². The van der Waals surface area contributed by atoms with Gasteiger partial charge in [0.2, 0.25) is 5.91 Å². The van der Waals surface area contributed by atoms with Crippen molar-refractivity contribution in [2.24, 2.45) is 0 Å². The molecule has 3 heterocycles. The van der Waals surface area contributed by atoms with Crippen LogP contribution in [0.2, 0.25) is 0 Å². The Morgan fingerprint density at radius 1 is 0.390 bits per heavy atom. The van der Waals surface area contributed by atoms with E-state index in [1.165, 1.54) is 186 Å². The molecule has 0 bridgehead atoms. The zero-order chi connectivity index (χ0) is 59.7. The summed E-state index contributed by atoms with van der Waals surface area (Å²) in [4.78, 5) is 13.3. The summed E-state index contributed by atoms with van der Waals surface area (Å²) in [7, 11) is 0. The lowest BCUT2D eigenvalue weighted by atomic mass is 9.96. The van der Waals surface area contributed by atoms with Gasteiger partial charge < -0.3 is 89.9 Å². The third kappa shape index (κ3) is 29.7. The number of hydrogen-bond acceptors (Lipinski definition) is 18. The number of rotatable bonds is 51. The summed E-state index contributed by atoms with van der Waals surface area (Å²) in [5.74, 6) is -0.241. The first kappa shape index (κ1) is 75.0. The predicted molar refractivity (Wildman–Crippen MR) is 314 cm³/mol. The Morgan fingerprint density at radius 2 is 0.695 bits per heavy atom. The Bertz CT molecular complexity index is 1500. The molecule has 0 spiro atoms. The minimum absolute atomic E-state index is 0.241. The van der Waals surface area contributed by atoms with Gasteiger partial charge in [0, 0.05) is 6.42 Å². The maximum atomic E-state index is 13.3. The Labute approximate surface area is 493 Å². The zero-order valence-electron chi connectivity index (χ0n) is 51.0. The van der Waals surface area contributed by atoms with Crippen LogP contribution in [0, 0.1) is 0 Å². The van der Waals surface area contributed by atoms with Gasteiger partial charge in [0.1, 0.15) is 73.2 Å². The first-order valence-electron chi connectivity index (χ1n) is 33.3. The van der Waals surface area contributed by atoms with Gasteiger partial charge in [0.15, 0.2) is 18.9 Å². The van der Waals surface area contributed by atoms with Gasteiger partial charge in [-0.25, -0.2) is 0 Å². The van der Waals surface area contributed by atoms with Crippen LogP contribution in [-0.4, -0.2) is 193 Å². The molecule has 0 saturated carbocycles. The molecule has 0 aromatic heterocycles. The SMILES string of the molecule is CCCCCCCCCCCCCCCCCCCCCCCCCCCCCC(O)C(COC1OC(CO)C(OC2OC(CO)C(OC3OC(CO)C(O)C(O)C3O)C(O)C2O)C(O)C1O)NC(=O)CCCCCCCCCCCC. The topological polar surface area (TPSA) is 307 Å². The summed E-state index contributed by atoms with van der Waals surface area (Å²) in [6.07, 6.45) is 20.7. The molecule has 0 aromatic carbocycles. The molecule has 0 aromatic rings. The quantitative estimate of drug-likeness (QED) is 0.0262. The van der Waals surface area contributed by atoms with E-state index in [1.807, 2.05) is 0 Å². The van der Waals surface area contributed by atoms with Crippen LogP contribution < -0.4 is 5.32 Å². The number of aliphatic hydroxyl groups excluding tert-OH is 11. The highest BCUT2D eigenvalue weighted by Crippen LogP contribution is 2.33. The third-order valence-corrected chi connectivity index (χ3v) is 17.2. The standard InChI is InChI=1S/C63H121NO18/c1-3-5-7-9-11-13-15-16-17-18-19-20-21-22-23-24-25-26-27-28-29-30-31-32-34-36-38-40-47(68)46(64-51(69)41-39-37-35-33-14-12-10-8-6-4-2)45-77-61-57(75)54(72)59(49(43-66)79-61)82-63-58(76)55(73)60(50(44-67)80-63)81-62-56(74)53(71)52(70)48(42-65)78-62/h46-50,52-63,65-68,70-76H,3-45H2,1-2H3,(H,64,69). The van der Waals surface area contributed by atoms with Gasteiger partial charge in [-0.1, -0.05) is 245 Å². The van der Waals surface area contributed by atoms with Crippen LogP contribution in [0.15, 0.2) is 0 Å². The highest BCUT2D eigenvalue weighted by molar-refractivity contribution is 5.76. The highest BCUT2D eigenvalue weighted by atomic mass is 16.8. The van der Waals surface area contributed by atoms with Crippen LogP contribution in [-0.2, 0) is 33.2 Å². The van der Waals surface area contributed by atoms with E-state index >= 15 is 0 Å². The van der Waals surface area contributed by atoms with Crippen LogP contribution in [0.1, 0.15) is 264 Å². The number of hydrogen-bond donors (Lipinski definition) is 12. The average Bonchev–Trinajstić information content (AvgIpc) is 3.60. The number of unbranched alkanes of at least 4 members (excludes halogenated alkanes) is 35. The molecule has 3 aliphatic heterocycles. The molecule has 19 nitrogen and oxygen atoms in total. The minimum Gasteiger partial charge on any atom is -0.394 e. The van der Waals surface area contributed by atoms with Crippen molar-refractivity contribution in [1.29, 1.82) is 0 Å². The molecular formula is C63H121NO18. The fourth-order valence-electron chi connectivity index (χ4n) is 11.7. The van der Waals surface area contributed by atoms with Gasteiger partial charge in [-0.3, -0.25) is 4.79 Å². The summed E-state index contributed by atoms with van der Waals surface area (Å²) >= 11 is 0. The second-order valence-corrected chi connectivity index (χ2v) is 24.3. The van der Waals surface area contributed by atoms with Crippen molar-refractivity contribution in [1.82, 2.24) is 5.32 Å². The molecule has 3 rings (SSSR count). The molecule has 19 heteroatoms. The van der Waals surface area contributed by atoms with Crippen LogP contribution in [0.4, 0.5) is 0 Å². The summed E-state index contributed by atoms with van der Waals surface area (Å²) in [5.41, 5.74) is 0. The third-order valence-electron chi connectivity index (χ3n) is 17.2. The van der Waals surface area contributed by atoms with Crippen molar-refractivity contribution in [3.8, 4) is 0 Å². The average molecular weight is 1180 g/mol. The largest absolute Gasteiger partial charge is 0.394 e. The zero-order valence-corrected chi connectivity index (χ0v) is 51.0. The van der Waals surface area contributed by atoms with Crippen molar-refractivity contribution in [2.45, 2.75) is 369 Å². The normalized spacial score (nSPS) is 29.5. The van der Waals surface area contributed by atoms with Gasteiger partial charge in [0.25, 0.3) is 0 Å². The van der Waals surface area contributed by atoms with Gasteiger partial charge in [-0.05, 0) is 12.8 Å². The predicted octanol–water partition coefficient (Wildman–Crippen LogP) is 7.55. The molecule has 3 saturated heterocycles. The van der Waals surface area contributed by atoms with E-state index in [4.69, 9.17) is 28.4 Å². The van der Waals surface area contributed by atoms with Crippen molar-refractivity contribution in [3.05, 3.63) is 0 Å². The fraction of sp³-hybridized carbons (Fsp3) is 0.984. The van der Waals surface area contributed by atoms with Gasteiger partial charge >= 0.3 is 0 Å². The van der Waals surface area contributed by atoms with E-state index in [0.717, 1.165) is 44.9 Å². The second kappa shape index (κ2) is 46.9. The van der Waals surface area contributed by atoms with E-state index in [2.05, 4.69) is 19.2 Å². The van der Waals surface area contributed by atoms with E-state index in [-0.39, 0.29) is 18.9 Å². The van der Waals surface area contributed by atoms with Crippen LogP contribution >= 0.6 is 0 Å². The molecule has 17 unspecified atom stereocenters. The fourth-order valence-corrected chi connectivity index (χ4v) is 11.7. The molecule has 17 atom stereocenters. The molecule has 1 amide bonds. The Kier molecular flexibility index (Phi) is 42.9. The number of ether oxygens (including phenoxy) is 6. The second-order valence-electron chi connectivity index (χ2n) is 24.3. The van der Waals surface area contributed by atoms with Crippen LogP contribution in [0.25, 0.3) is 0 Å². The Balaban J connectivity index is 1.39. The first-order valence-corrected chi connectivity index (χ1v) is 33.3. The summed E-state index contributed by atoms with van der Waals surface area (Å²) in [6, 6.07) is -0.880. The summed E-state index contributed by atoms with van der Waals surface area (Å²) in [5, 5.41) is 120. The highest BCUT2D eigenvalue weighted by Gasteiger charge is 2.53. The van der Waals surface area contributed by atoms with Crippen molar-refractivity contribution in [3.63, 3.8) is 0 Å². The lowest BCUT2D eigenvalue weighted by molar-refractivity contribution is -0.379. The lowest BCUT2D eigenvalue weighted by Gasteiger charge is -2.48. The first-order chi connectivity index (χ1) is 39.8. The van der Waals surface area contributed by atoms with Gasteiger partial charge in [-0.15, -0.1) is 0 Å². The summed E-state index contributed by atoms with van der Waals surface area (Å²) < 4.78 is 34.3. The van der Waals surface area contributed by atoms with Crippen LogP contribution in [0.5, 0.6) is 0 Å². The molecule has 3 aliphatic rings. The molecular weight excluding hydrogens is 1060 g/mol. The van der Waals surface area contributed by atoms with Gasteiger partial charge in [0.05, 0.1) is 38.6 Å². The maximum Gasteiger partial charge on any atom is 0.220 e. The molecule has 3 fully saturated rings. The van der Waals surface area contributed by atoms with E-state index < -0.39 is 124 Å². The lowest BCUT2D eigenvalue weighted by Crippen LogP contribution is -2.66. The van der Waals surface area contributed by atoms with Crippen LogP contribution in [0.3, 0.4) is 0 Å². The molecule has 486 valence electrons. The number of amides is 1. The van der Waals surface area contributed by atoms with Gasteiger partial charge in [-0.2, -0.15) is 0 Å². The number of aliphatic hydroxyl groups is 11. The van der Waals surface area contributed by atoms with E-state index in [1.54, 1.807) is 0 Å². The van der Waals surface area contributed by atoms with E-state index in [0.29, 0.717) is 12.8 Å². The molecule has 12 N–H and O–H groups in total. The number of nitrogens with one attached hydrogen (secondary N) is 1. The summed E-state index contributed by atoms with van der Waals surface area (Å²) in [6.45, 7) is 1.80. The Morgan fingerprint density at radius 3 is 1.06 bits per heavy atom. The minimum atomic E-state index is -1.97. The molecule has 0 radical (unpaired) electrons. The molecule has 0 aliphatic carbocycles. The molecule has 82 heavy (non-hydrogen) atoms. The monoisotopic (exact) mass is 1180 g/mol. The number of carbonyl (C=O) groups is 1. The smallest absolute Gasteiger partial charge is 0.220 e.